The van der Waals surface area contributed by atoms with E-state index in [2.05, 4.69) is 31.0 Å². The van der Waals surface area contributed by atoms with Crippen molar-refractivity contribution < 1.29 is 4.74 Å². The Morgan fingerprint density at radius 3 is 2.81 bits per heavy atom. The van der Waals surface area contributed by atoms with Gasteiger partial charge in [0, 0.05) is 31.8 Å². The van der Waals surface area contributed by atoms with Crippen molar-refractivity contribution in [2.75, 3.05) is 32.8 Å². The summed E-state index contributed by atoms with van der Waals surface area (Å²) in [6, 6.07) is 1.29. The molecule has 0 aliphatic carbocycles. The Morgan fingerprint density at radius 2 is 2.06 bits per heavy atom. The van der Waals surface area contributed by atoms with Gasteiger partial charge in [0.1, 0.15) is 0 Å². The Morgan fingerprint density at radius 1 is 1.25 bits per heavy atom. The number of ether oxygens (including phenoxy) is 1. The summed E-state index contributed by atoms with van der Waals surface area (Å²) in [5.41, 5.74) is 0. The van der Waals surface area contributed by atoms with Gasteiger partial charge in [0.2, 0.25) is 0 Å². The highest BCUT2D eigenvalue weighted by molar-refractivity contribution is 4.74. The molecule has 1 N–H and O–H groups in total. The Bertz CT molecular complexity index is 167. The van der Waals surface area contributed by atoms with Gasteiger partial charge in [-0.05, 0) is 39.7 Å². The van der Waals surface area contributed by atoms with Gasteiger partial charge in [-0.1, -0.05) is 6.92 Å². The lowest BCUT2D eigenvalue weighted by molar-refractivity contribution is 0.130. The van der Waals surface area contributed by atoms with Crippen LogP contribution in [0.5, 0.6) is 0 Å². The molecule has 0 aromatic heterocycles. The first-order chi connectivity index (χ1) is 7.74. The molecule has 0 bridgehead atoms. The highest BCUT2D eigenvalue weighted by atomic mass is 16.5. The smallest absolute Gasteiger partial charge is 0.0593 e. The number of rotatable bonds is 6. The van der Waals surface area contributed by atoms with E-state index >= 15 is 0 Å². The Labute approximate surface area is 101 Å². The van der Waals surface area contributed by atoms with Crippen LogP contribution in [0.25, 0.3) is 0 Å². The van der Waals surface area contributed by atoms with E-state index in [1.807, 2.05) is 0 Å². The van der Waals surface area contributed by atoms with E-state index in [1.165, 1.54) is 25.8 Å². The third-order valence-corrected chi connectivity index (χ3v) is 3.32. The van der Waals surface area contributed by atoms with E-state index < -0.39 is 0 Å². The summed E-state index contributed by atoms with van der Waals surface area (Å²) in [6.45, 7) is 12.1. The van der Waals surface area contributed by atoms with Crippen molar-refractivity contribution in [3.8, 4) is 0 Å². The molecule has 0 radical (unpaired) electrons. The maximum Gasteiger partial charge on any atom is 0.0593 e. The molecule has 3 nitrogen and oxygen atoms in total. The van der Waals surface area contributed by atoms with Crippen LogP contribution in [-0.4, -0.2) is 49.8 Å². The van der Waals surface area contributed by atoms with E-state index in [0.717, 1.165) is 26.3 Å². The molecule has 1 heterocycles. The minimum absolute atomic E-state index is 0.624. The summed E-state index contributed by atoms with van der Waals surface area (Å²) < 4.78 is 5.49. The number of hydrogen-bond acceptors (Lipinski definition) is 3. The summed E-state index contributed by atoms with van der Waals surface area (Å²) in [4.78, 5) is 2.57. The van der Waals surface area contributed by atoms with Gasteiger partial charge >= 0.3 is 0 Å². The first-order valence-corrected chi connectivity index (χ1v) is 6.79. The van der Waals surface area contributed by atoms with Crippen LogP contribution in [0.15, 0.2) is 0 Å². The van der Waals surface area contributed by atoms with Crippen molar-refractivity contribution in [3.05, 3.63) is 0 Å². The second kappa shape index (κ2) is 8.04. The largest absolute Gasteiger partial charge is 0.380 e. The molecule has 1 aliphatic heterocycles. The molecular weight excluding hydrogens is 200 g/mol. The molecule has 1 saturated heterocycles. The quantitative estimate of drug-likeness (QED) is 0.751. The first-order valence-electron chi connectivity index (χ1n) is 6.79. The monoisotopic (exact) mass is 228 g/mol. The normalized spacial score (nSPS) is 22.7. The zero-order valence-corrected chi connectivity index (χ0v) is 11.2. The number of hydrogen-bond donors (Lipinski definition) is 1. The molecule has 2 atom stereocenters. The van der Waals surface area contributed by atoms with Crippen molar-refractivity contribution in [1.29, 1.82) is 0 Å². The fourth-order valence-electron chi connectivity index (χ4n) is 2.34. The zero-order valence-electron chi connectivity index (χ0n) is 11.2. The summed E-state index contributed by atoms with van der Waals surface area (Å²) in [7, 11) is 0. The van der Waals surface area contributed by atoms with Crippen molar-refractivity contribution in [3.63, 3.8) is 0 Å². The standard InChI is InChI=1S/C13H28N2O/c1-4-6-14-12(2)11-13(3)15-7-5-9-16-10-8-15/h12-14H,4-11H2,1-3H3. The number of nitrogens with zero attached hydrogens (tertiary/aromatic N) is 1. The van der Waals surface area contributed by atoms with Gasteiger partial charge in [0.15, 0.2) is 0 Å². The van der Waals surface area contributed by atoms with Crippen LogP contribution in [0.2, 0.25) is 0 Å². The SMILES string of the molecule is CCCNC(C)CC(C)N1CCCOCC1. The lowest BCUT2D eigenvalue weighted by Gasteiger charge is -2.29. The summed E-state index contributed by atoms with van der Waals surface area (Å²) in [5, 5.41) is 3.56. The van der Waals surface area contributed by atoms with Crippen molar-refractivity contribution in [2.24, 2.45) is 0 Å². The molecule has 0 spiro atoms. The van der Waals surface area contributed by atoms with Crippen LogP contribution in [0.4, 0.5) is 0 Å². The van der Waals surface area contributed by atoms with Crippen LogP contribution in [-0.2, 0) is 4.74 Å². The highest BCUT2D eigenvalue weighted by Crippen LogP contribution is 2.09. The molecule has 16 heavy (non-hydrogen) atoms. The molecule has 1 fully saturated rings. The van der Waals surface area contributed by atoms with Gasteiger partial charge in [0.05, 0.1) is 6.61 Å². The van der Waals surface area contributed by atoms with Crippen LogP contribution < -0.4 is 5.32 Å². The molecule has 0 aromatic rings. The molecule has 96 valence electrons. The third kappa shape index (κ3) is 5.28. The second-order valence-corrected chi connectivity index (χ2v) is 4.94. The lowest BCUT2D eigenvalue weighted by Crippen LogP contribution is -2.40. The van der Waals surface area contributed by atoms with Gasteiger partial charge in [-0.2, -0.15) is 0 Å². The molecule has 3 heteroatoms. The maximum absolute atomic E-state index is 5.49. The minimum Gasteiger partial charge on any atom is -0.380 e. The molecule has 0 amide bonds. The predicted octanol–water partition coefficient (Wildman–Crippen LogP) is 1.88. The van der Waals surface area contributed by atoms with E-state index in [9.17, 15) is 0 Å². The second-order valence-electron chi connectivity index (χ2n) is 4.94. The maximum atomic E-state index is 5.49. The van der Waals surface area contributed by atoms with Gasteiger partial charge < -0.3 is 10.1 Å². The fraction of sp³-hybridized carbons (Fsp3) is 1.00. The molecule has 1 aliphatic rings. The van der Waals surface area contributed by atoms with E-state index in [1.54, 1.807) is 0 Å². The zero-order chi connectivity index (χ0) is 11.8. The van der Waals surface area contributed by atoms with Crippen LogP contribution in [0, 0.1) is 0 Å². The predicted molar refractivity (Wildman–Crippen MR) is 68.8 cm³/mol. The molecule has 2 unspecified atom stereocenters. The van der Waals surface area contributed by atoms with Crippen molar-refractivity contribution in [2.45, 2.75) is 52.1 Å². The van der Waals surface area contributed by atoms with Gasteiger partial charge in [-0.25, -0.2) is 0 Å². The molecular formula is C13H28N2O. The highest BCUT2D eigenvalue weighted by Gasteiger charge is 2.17. The van der Waals surface area contributed by atoms with Gasteiger partial charge in [-0.15, -0.1) is 0 Å². The summed E-state index contributed by atoms with van der Waals surface area (Å²) >= 11 is 0. The van der Waals surface area contributed by atoms with Crippen LogP contribution >= 0.6 is 0 Å². The van der Waals surface area contributed by atoms with Crippen molar-refractivity contribution in [1.82, 2.24) is 10.2 Å². The Kier molecular flexibility index (Phi) is 7.01. The van der Waals surface area contributed by atoms with E-state index in [4.69, 9.17) is 4.74 Å². The number of nitrogens with one attached hydrogen (secondary N) is 1. The van der Waals surface area contributed by atoms with Crippen molar-refractivity contribution >= 4 is 0 Å². The van der Waals surface area contributed by atoms with E-state index in [-0.39, 0.29) is 0 Å². The van der Waals surface area contributed by atoms with E-state index in [0.29, 0.717) is 12.1 Å². The first kappa shape index (κ1) is 13.9. The Balaban J connectivity index is 2.23. The average Bonchev–Trinajstić information content (AvgIpc) is 2.54. The summed E-state index contributed by atoms with van der Waals surface area (Å²) in [5.74, 6) is 0. The summed E-state index contributed by atoms with van der Waals surface area (Å²) in [6.07, 6.45) is 3.64. The lowest BCUT2D eigenvalue weighted by atomic mass is 10.1. The van der Waals surface area contributed by atoms with Gasteiger partial charge in [-0.3, -0.25) is 4.90 Å². The molecule has 0 aromatic carbocycles. The molecule has 1 rings (SSSR count). The topological polar surface area (TPSA) is 24.5 Å². The fourth-order valence-corrected chi connectivity index (χ4v) is 2.34. The van der Waals surface area contributed by atoms with Gasteiger partial charge in [0.25, 0.3) is 0 Å². The molecule has 0 saturated carbocycles. The average molecular weight is 228 g/mol. The minimum atomic E-state index is 0.624. The van der Waals surface area contributed by atoms with Crippen LogP contribution in [0.3, 0.4) is 0 Å². The third-order valence-electron chi connectivity index (χ3n) is 3.32. The Hall–Kier alpha value is -0.120. The van der Waals surface area contributed by atoms with Crippen LogP contribution in [0.1, 0.15) is 40.0 Å².